The van der Waals surface area contributed by atoms with Crippen molar-refractivity contribution >= 4 is 23.2 Å². The van der Waals surface area contributed by atoms with Crippen molar-refractivity contribution in [1.29, 1.82) is 0 Å². The Morgan fingerprint density at radius 3 is 2.54 bits per heavy atom. The highest BCUT2D eigenvalue weighted by atomic mass is 16.2. The van der Waals surface area contributed by atoms with E-state index in [1.807, 2.05) is 43.3 Å². The van der Waals surface area contributed by atoms with Crippen LogP contribution >= 0.6 is 0 Å². The second-order valence-electron chi connectivity index (χ2n) is 6.54. The van der Waals surface area contributed by atoms with Crippen LogP contribution in [0.25, 0.3) is 0 Å². The minimum absolute atomic E-state index is 0.0603. The van der Waals surface area contributed by atoms with Crippen molar-refractivity contribution in [2.24, 2.45) is 0 Å². The van der Waals surface area contributed by atoms with Gasteiger partial charge in [0.2, 0.25) is 5.91 Å². The van der Waals surface area contributed by atoms with Gasteiger partial charge in [0.1, 0.15) is 6.54 Å². The lowest BCUT2D eigenvalue weighted by atomic mass is 10.1. The first-order valence-corrected chi connectivity index (χ1v) is 9.06. The summed E-state index contributed by atoms with van der Waals surface area (Å²) >= 11 is 0. The van der Waals surface area contributed by atoms with E-state index in [2.05, 4.69) is 30.1 Å². The molecule has 1 N–H and O–H groups in total. The number of nitrogens with one attached hydrogen (secondary N) is 1. The van der Waals surface area contributed by atoms with E-state index in [1.165, 1.54) is 0 Å². The fourth-order valence-electron chi connectivity index (χ4n) is 3.38. The molecule has 0 radical (unpaired) electrons. The third kappa shape index (κ3) is 3.57. The summed E-state index contributed by atoms with van der Waals surface area (Å²) in [7, 11) is 0. The Balaban J connectivity index is 1.65. The molecular formula is C21H25N3O2. The molecule has 1 heterocycles. The van der Waals surface area contributed by atoms with E-state index < -0.39 is 0 Å². The van der Waals surface area contributed by atoms with Gasteiger partial charge in [-0.05, 0) is 56.2 Å². The van der Waals surface area contributed by atoms with Crippen molar-refractivity contribution in [3.8, 4) is 0 Å². The molecule has 5 heteroatoms. The molecule has 0 atom stereocenters. The minimum Gasteiger partial charge on any atom is -0.372 e. The number of hydrogen-bond donors (Lipinski definition) is 1. The fraction of sp³-hybridized carbons (Fsp3) is 0.333. The van der Waals surface area contributed by atoms with E-state index in [-0.39, 0.29) is 18.4 Å². The Morgan fingerprint density at radius 2 is 1.88 bits per heavy atom. The van der Waals surface area contributed by atoms with Crippen molar-refractivity contribution in [3.63, 3.8) is 0 Å². The van der Waals surface area contributed by atoms with Gasteiger partial charge in [0.25, 0.3) is 5.91 Å². The van der Waals surface area contributed by atoms with E-state index in [1.54, 1.807) is 4.90 Å². The number of nitrogens with zero attached hydrogens (tertiary/aromatic N) is 2. The molecule has 0 saturated heterocycles. The molecule has 136 valence electrons. The number of anilines is 2. The zero-order valence-electron chi connectivity index (χ0n) is 15.6. The Bertz CT molecular complexity index is 828. The third-order valence-corrected chi connectivity index (χ3v) is 4.84. The average molecular weight is 351 g/mol. The van der Waals surface area contributed by atoms with E-state index >= 15 is 0 Å². The van der Waals surface area contributed by atoms with Crippen LogP contribution in [-0.2, 0) is 11.3 Å². The summed E-state index contributed by atoms with van der Waals surface area (Å²) in [5.41, 5.74) is 4.62. The summed E-state index contributed by atoms with van der Waals surface area (Å²) in [6.07, 6.45) is 0. The van der Waals surface area contributed by atoms with Crippen LogP contribution < -0.4 is 10.2 Å². The topological polar surface area (TPSA) is 52.7 Å². The highest BCUT2D eigenvalue weighted by Crippen LogP contribution is 2.24. The van der Waals surface area contributed by atoms with E-state index in [4.69, 9.17) is 0 Å². The van der Waals surface area contributed by atoms with Gasteiger partial charge in [-0.2, -0.15) is 0 Å². The predicted molar refractivity (Wildman–Crippen MR) is 105 cm³/mol. The normalized spacial score (nSPS) is 12.9. The van der Waals surface area contributed by atoms with Crippen molar-refractivity contribution in [2.45, 2.75) is 27.3 Å². The van der Waals surface area contributed by atoms with Crippen LogP contribution in [0.5, 0.6) is 0 Å². The summed E-state index contributed by atoms with van der Waals surface area (Å²) in [6, 6.07) is 13.5. The monoisotopic (exact) mass is 351 g/mol. The fourth-order valence-corrected chi connectivity index (χ4v) is 3.38. The smallest absolute Gasteiger partial charge is 0.254 e. The van der Waals surface area contributed by atoms with Crippen LogP contribution in [0.3, 0.4) is 0 Å². The highest BCUT2D eigenvalue weighted by Gasteiger charge is 2.28. The third-order valence-electron chi connectivity index (χ3n) is 4.84. The predicted octanol–water partition coefficient (Wildman–Crippen LogP) is 3.44. The van der Waals surface area contributed by atoms with Crippen molar-refractivity contribution < 1.29 is 9.59 Å². The number of carbonyl (C=O) groups is 2. The molecule has 26 heavy (non-hydrogen) atoms. The minimum atomic E-state index is -0.176. The summed E-state index contributed by atoms with van der Waals surface area (Å²) in [6.45, 7) is 8.67. The highest BCUT2D eigenvalue weighted by molar-refractivity contribution is 6.02. The van der Waals surface area contributed by atoms with Gasteiger partial charge in [-0.3, -0.25) is 9.59 Å². The van der Waals surface area contributed by atoms with Crippen LogP contribution in [-0.4, -0.2) is 36.3 Å². The van der Waals surface area contributed by atoms with Gasteiger partial charge in [0, 0.05) is 36.6 Å². The number of hydrogen-bond acceptors (Lipinski definition) is 3. The van der Waals surface area contributed by atoms with Crippen LogP contribution in [0.15, 0.2) is 42.5 Å². The molecule has 0 bridgehead atoms. The van der Waals surface area contributed by atoms with Crippen LogP contribution in [0, 0.1) is 6.92 Å². The van der Waals surface area contributed by atoms with Gasteiger partial charge < -0.3 is 15.1 Å². The lowest BCUT2D eigenvalue weighted by molar-refractivity contribution is -0.116. The zero-order chi connectivity index (χ0) is 18.7. The van der Waals surface area contributed by atoms with Crippen molar-refractivity contribution in [1.82, 2.24) is 4.90 Å². The molecule has 1 aliphatic rings. The number of carbonyl (C=O) groups excluding carboxylic acids is 2. The molecule has 3 rings (SSSR count). The Kier molecular flexibility index (Phi) is 5.26. The first-order valence-electron chi connectivity index (χ1n) is 9.06. The molecule has 2 amide bonds. The summed E-state index contributed by atoms with van der Waals surface area (Å²) in [5.74, 6) is -0.255. The molecule has 1 aliphatic heterocycles. The zero-order valence-corrected chi connectivity index (χ0v) is 15.6. The molecule has 0 spiro atoms. The van der Waals surface area contributed by atoms with Gasteiger partial charge >= 0.3 is 0 Å². The van der Waals surface area contributed by atoms with Gasteiger partial charge in [-0.25, -0.2) is 0 Å². The number of rotatable bonds is 6. The molecule has 2 aromatic rings. The molecule has 5 nitrogen and oxygen atoms in total. The Labute approximate surface area is 154 Å². The maximum absolute atomic E-state index is 12.4. The number of amides is 2. The second-order valence-corrected chi connectivity index (χ2v) is 6.54. The average Bonchev–Trinajstić information content (AvgIpc) is 2.94. The second kappa shape index (κ2) is 7.60. The number of benzene rings is 2. The summed E-state index contributed by atoms with van der Waals surface area (Å²) in [5, 5.41) is 2.94. The largest absolute Gasteiger partial charge is 0.372 e. The molecule has 2 aromatic carbocycles. The van der Waals surface area contributed by atoms with E-state index in [0.29, 0.717) is 12.1 Å². The molecule has 0 aliphatic carbocycles. The first-order chi connectivity index (χ1) is 12.5. The summed E-state index contributed by atoms with van der Waals surface area (Å²) in [4.78, 5) is 28.7. The quantitative estimate of drug-likeness (QED) is 0.867. The van der Waals surface area contributed by atoms with Gasteiger partial charge in [-0.1, -0.05) is 18.2 Å². The number of aryl methyl sites for hydroxylation is 1. The first kappa shape index (κ1) is 18.0. The lowest BCUT2D eigenvalue weighted by Gasteiger charge is -2.22. The van der Waals surface area contributed by atoms with E-state index in [0.717, 1.165) is 35.6 Å². The van der Waals surface area contributed by atoms with Gasteiger partial charge in [0.05, 0.1) is 0 Å². The van der Waals surface area contributed by atoms with Crippen LogP contribution in [0.4, 0.5) is 11.4 Å². The molecule has 0 fully saturated rings. The molecule has 0 saturated carbocycles. The molecule has 0 aromatic heterocycles. The van der Waals surface area contributed by atoms with Gasteiger partial charge in [0.15, 0.2) is 0 Å². The maximum atomic E-state index is 12.4. The van der Waals surface area contributed by atoms with Crippen molar-refractivity contribution in [2.75, 3.05) is 29.9 Å². The molecular weight excluding hydrogens is 326 g/mol. The Morgan fingerprint density at radius 1 is 1.15 bits per heavy atom. The van der Waals surface area contributed by atoms with E-state index in [9.17, 15) is 9.59 Å². The van der Waals surface area contributed by atoms with Crippen LogP contribution in [0.2, 0.25) is 0 Å². The maximum Gasteiger partial charge on any atom is 0.254 e. The van der Waals surface area contributed by atoms with Crippen molar-refractivity contribution in [3.05, 3.63) is 59.2 Å². The standard InChI is InChI=1S/C21H25N3O2/c1-4-23(5-2)17-10-11-19(15(3)12-17)22-20(25)14-24-13-16-8-6-7-9-18(16)21(24)26/h6-12H,4-5,13-14H2,1-3H3,(H,22,25). The number of fused-ring (bicyclic) bond motifs is 1. The molecule has 0 unspecified atom stereocenters. The lowest BCUT2D eigenvalue weighted by Crippen LogP contribution is -2.33. The van der Waals surface area contributed by atoms with Crippen LogP contribution in [0.1, 0.15) is 35.3 Å². The Hall–Kier alpha value is -2.82. The van der Waals surface area contributed by atoms with Gasteiger partial charge in [-0.15, -0.1) is 0 Å². The SMILES string of the molecule is CCN(CC)c1ccc(NC(=O)CN2Cc3ccccc3C2=O)c(C)c1. The summed E-state index contributed by atoms with van der Waals surface area (Å²) < 4.78 is 0.